The van der Waals surface area contributed by atoms with Crippen molar-refractivity contribution in [2.45, 2.75) is 25.6 Å². The Morgan fingerprint density at radius 1 is 0.704 bits per heavy atom. The molecule has 0 aromatic heterocycles. The molecule has 4 rings (SSSR count). The van der Waals surface area contributed by atoms with Gasteiger partial charge in [0.05, 0.1) is 0 Å². The third-order valence-electron chi connectivity index (χ3n) is 5.18. The van der Waals surface area contributed by atoms with Gasteiger partial charge in [0.25, 0.3) is 0 Å². The Morgan fingerprint density at radius 3 is 1.59 bits per heavy atom. The first-order valence-electron chi connectivity index (χ1n) is 9.68. The molecule has 3 heteroatoms. The van der Waals surface area contributed by atoms with Crippen molar-refractivity contribution >= 4 is 23.2 Å². The van der Waals surface area contributed by atoms with E-state index in [2.05, 4.69) is 91.0 Å². The van der Waals surface area contributed by atoms with Crippen molar-refractivity contribution < 1.29 is 9.47 Å². The van der Waals surface area contributed by atoms with Crippen molar-refractivity contribution in [3.05, 3.63) is 91.0 Å². The molecule has 0 aliphatic carbocycles. The molecule has 0 saturated carbocycles. The van der Waals surface area contributed by atoms with Crippen LogP contribution in [0.2, 0.25) is 0 Å². The van der Waals surface area contributed by atoms with Crippen molar-refractivity contribution in [2.75, 3.05) is 13.0 Å². The second kappa shape index (κ2) is 8.80. The topological polar surface area (TPSA) is 18.5 Å². The summed E-state index contributed by atoms with van der Waals surface area (Å²) in [7, 11) is -1.92. The van der Waals surface area contributed by atoms with Crippen molar-refractivity contribution in [1.29, 1.82) is 0 Å². The van der Waals surface area contributed by atoms with E-state index in [1.807, 2.05) is 0 Å². The molecule has 3 aromatic carbocycles. The lowest BCUT2D eigenvalue weighted by Gasteiger charge is -2.30. The van der Waals surface area contributed by atoms with Gasteiger partial charge < -0.3 is 9.47 Å². The van der Waals surface area contributed by atoms with Crippen LogP contribution in [-0.2, 0) is 9.47 Å². The van der Waals surface area contributed by atoms with Crippen LogP contribution in [0, 0.1) is 0 Å². The summed E-state index contributed by atoms with van der Waals surface area (Å²) in [4.78, 5) is 0. The van der Waals surface area contributed by atoms with Gasteiger partial charge in [0.2, 0.25) is 0 Å². The summed E-state index contributed by atoms with van der Waals surface area (Å²) in [6.07, 6.45) is 3.87. The molecule has 27 heavy (non-hydrogen) atoms. The van der Waals surface area contributed by atoms with E-state index in [9.17, 15) is 0 Å². The maximum absolute atomic E-state index is 6.44. The molecule has 0 N–H and O–H groups in total. The molecule has 1 saturated heterocycles. The number of ether oxygens (including phenoxy) is 2. The zero-order chi connectivity index (χ0) is 18.4. The van der Waals surface area contributed by atoms with Crippen LogP contribution in [0.25, 0.3) is 0 Å². The molecule has 1 heterocycles. The maximum Gasteiger partial charge on any atom is 0.174 e. The van der Waals surface area contributed by atoms with Crippen LogP contribution in [0.4, 0.5) is 0 Å². The lowest BCUT2D eigenvalue weighted by Crippen LogP contribution is -2.36. The summed E-state index contributed by atoms with van der Waals surface area (Å²) in [5.74, 6) is 0. The number of benzene rings is 3. The first-order chi connectivity index (χ1) is 13.4. The van der Waals surface area contributed by atoms with Crippen LogP contribution in [0.1, 0.15) is 19.3 Å². The van der Waals surface area contributed by atoms with Gasteiger partial charge in [0.15, 0.2) is 12.6 Å². The second-order valence-corrected chi connectivity index (χ2v) is 10.3. The smallest absolute Gasteiger partial charge is 0.174 e. The molecule has 0 bridgehead atoms. The Kier molecular flexibility index (Phi) is 5.99. The highest BCUT2D eigenvalue weighted by Gasteiger charge is 2.46. The van der Waals surface area contributed by atoms with Crippen molar-refractivity contribution in [2.24, 2.45) is 0 Å². The van der Waals surface area contributed by atoms with Crippen LogP contribution in [0.3, 0.4) is 0 Å². The molecule has 1 aliphatic rings. The molecule has 0 spiro atoms. The maximum atomic E-state index is 6.44. The van der Waals surface area contributed by atoms with Crippen molar-refractivity contribution in [1.82, 2.24) is 0 Å². The molecule has 1 fully saturated rings. The largest absolute Gasteiger partial charge is 0.352 e. The van der Waals surface area contributed by atoms with Gasteiger partial charge in [-0.1, -0.05) is 54.6 Å². The minimum absolute atomic E-state index is 0.0886. The summed E-state index contributed by atoms with van der Waals surface area (Å²) >= 11 is 0. The van der Waals surface area contributed by atoms with Gasteiger partial charge in [-0.2, -0.15) is 0 Å². The predicted octanol–water partition coefficient (Wildman–Crippen LogP) is 4.48. The molecule has 1 atom stereocenters. The van der Waals surface area contributed by atoms with E-state index < -0.39 is 7.26 Å². The van der Waals surface area contributed by atoms with Gasteiger partial charge in [0, 0.05) is 6.61 Å². The van der Waals surface area contributed by atoms with Crippen molar-refractivity contribution in [3.8, 4) is 0 Å². The molecule has 1 unspecified atom stereocenters. The van der Waals surface area contributed by atoms with E-state index in [1.165, 1.54) is 22.3 Å². The quantitative estimate of drug-likeness (QED) is 0.590. The van der Waals surface area contributed by atoms with E-state index in [4.69, 9.17) is 9.47 Å². The van der Waals surface area contributed by atoms with E-state index >= 15 is 0 Å². The van der Waals surface area contributed by atoms with Crippen LogP contribution in [0.5, 0.6) is 0 Å². The lowest BCUT2D eigenvalue weighted by atomic mass is 10.2. The minimum atomic E-state index is -1.92. The fraction of sp³-hybridized carbons (Fsp3) is 0.250. The molecule has 2 nitrogen and oxygen atoms in total. The number of hydrogen-bond donors (Lipinski definition) is 0. The monoisotopic (exact) mass is 377 g/mol. The highest BCUT2D eigenvalue weighted by molar-refractivity contribution is 7.95. The summed E-state index contributed by atoms with van der Waals surface area (Å²) in [6.45, 7) is 0.804. The molecule has 1 aliphatic heterocycles. The second-order valence-electron chi connectivity index (χ2n) is 6.91. The summed E-state index contributed by atoms with van der Waals surface area (Å²) in [6, 6.07) is 32.5. The zero-order valence-electron chi connectivity index (χ0n) is 15.5. The molecule has 3 aromatic rings. The molecular formula is C24H26O2P+. The Labute approximate surface area is 162 Å². The van der Waals surface area contributed by atoms with Crippen molar-refractivity contribution in [3.63, 3.8) is 0 Å². The number of rotatable bonds is 6. The summed E-state index contributed by atoms with van der Waals surface area (Å²) in [5, 5.41) is 4.04. The average molecular weight is 377 g/mol. The Bertz CT molecular complexity index is 718. The first kappa shape index (κ1) is 18.4. The Balaban J connectivity index is 1.81. The SMILES string of the molecule is c1ccc([P+](COC2CCCCO2)(c2ccccc2)c2ccccc2)cc1. The standard InChI is InChI=1S/C24H26O2P/c1-4-12-21(13-5-1)27(22-14-6-2-7-15-22,23-16-8-3-9-17-23)20-26-24-18-10-11-19-25-24/h1-9,12-17,24H,10-11,18-20H2/q+1. The Hall–Kier alpha value is -1.99. The first-order valence-corrected chi connectivity index (χ1v) is 11.7. The fourth-order valence-electron chi connectivity index (χ4n) is 3.76. The van der Waals surface area contributed by atoms with Gasteiger partial charge >= 0.3 is 0 Å². The van der Waals surface area contributed by atoms with Gasteiger partial charge in [-0.15, -0.1) is 0 Å². The van der Waals surface area contributed by atoms with Gasteiger partial charge in [0.1, 0.15) is 23.2 Å². The summed E-state index contributed by atoms with van der Waals surface area (Å²) in [5.41, 5.74) is 0. The van der Waals surface area contributed by atoms with E-state index in [1.54, 1.807) is 0 Å². The van der Waals surface area contributed by atoms with E-state index in [-0.39, 0.29) is 6.29 Å². The molecular weight excluding hydrogens is 351 g/mol. The van der Waals surface area contributed by atoms with Gasteiger partial charge in [-0.05, 0) is 55.7 Å². The molecule has 0 radical (unpaired) electrons. The third-order valence-corrected chi connectivity index (χ3v) is 9.26. The Morgan fingerprint density at radius 2 is 1.19 bits per heavy atom. The summed E-state index contributed by atoms with van der Waals surface area (Å²) < 4.78 is 12.3. The predicted molar refractivity (Wildman–Crippen MR) is 115 cm³/mol. The van der Waals surface area contributed by atoms with Crippen LogP contribution in [0.15, 0.2) is 91.0 Å². The van der Waals surface area contributed by atoms with Gasteiger partial charge in [-0.3, -0.25) is 0 Å². The van der Waals surface area contributed by atoms with Crippen LogP contribution in [-0.4, -0.2) is 19.2 Å². The lowest BCUT2D eigenvalue weighted by molar-refractivity contribution is -0.150. The fourth-order valence-corrected chi connectivity index (χ4v) is 7.53. The minimum Gasteiger partial charge on any atom is -0.352 e. The average Bonchev–Trinajstić information content (AvgIpc) is 2.77. The zero-order valence-corrected chi connectivity index (χ0v) is 16.4. The highest BCUT2D eigenvalue weighted by Crippen LogP contribution is 2.55. The molecule has 0 amide bonds. The van der Waals surface area contributed by atoms with Crippen LogP contribution < -0.4 is 15.9 Å². The normalized spacial score (nSPS) is 17.6. The van der Waals surface area contributed by atoms with Crippen LogP contribution >= 0.6 is 7.26 Å². The van der Waals surface area contributed by atoms with E-state index in [0.29, 0.717) is 6.35 Å². The van der Waals surface area contributed by atoms with Gasteiger partial charge in [-0.25, -0.2) is 0 Å². The third kappa shape index (κ3) is 3.99. The molecule has 138 valence electrons. The number of hydrogen-bond acceptors (Lipinski definition) is 2. The van der Waals surface area contributed by atoms with E-state index in [0.717, 1.165) is 19.4 Å². The highest BCUT2D eigenvalue weighted by atomic mass is 31.2.